The van der Waals surface area contributed by atoms with E-state index < -0.39 is 4.92 Å². The molecule has 0 unspecified atom stereocenters. The number of aromatic nitrogens is 3. The molecule has 0 aliphatic carbocycles. The van der Waals surface area contributed by atoms with Gasteiger partial charge in [-0.25, -0.2) is 9.50 Å². The predicted octanol–water partition coefficient (Wildman–Crippen LogP) is 2.51. The van der Waals surface area contributed by atoms with Crippen LogP contribution in [0, 0.1) is 24.0 Å². The Kier molecular flexibility index (Phi) is 3.49. The number of non-ortho nitro benzene ring substituents is 1. The van der Waals surface area contributed by atoms with Crippen LogP contribution in [0.3, 0.4) is 0 Å². The predicted molar refractivity (Wildman–Crippen MR) is 83.5 cm³/mol. The number of rotatable bonds is 3. The fraction of sp³-hybridized carbons (Fsp3) is 0.133. The van der Waals surface area contributed by atoms with Crippen LogP contribution in [0.25, 0.3) is 5.65 Å². The van der Waals surface area contributed by atoms with Gasteiger partial charge in [-0.05, 0) is 37.6 Å². The van der Waals surface area contributed by atoms with E-state index in [0.29, 0.717) is 17.1 Å². The molecule has 0 saturated carbocycles. The number of amides is 1. The molecule has 1 N–H and O–H groups in total. The summed E-state index contributed by atoms with van der Waals surface area (Å²) in [6, 6.07) is 7.22. The third-order valence-corrected chi connectivity index (χ3v) is 3.32. The Balaban J connectivity index is 1.86. The molecule has 1 aromatic carbocycles. The lowest BCUT2D eigenvalue weighted by atomic mass is 10.2. The van der Waals surface area contributed by atoms with Crippen molar-refractivity contribution in [2.24, 2.45) is 0 Å². The number of hydrogen-bond donors (Lipinski definition) is 1. The van der Waals surface area contributed by atoms with Gasteiger partial charge < -0.3 is 5.32 Å². The Bertz CT molecular complexity index is 915. The van der Waals surface area contributed by atoms with Crippen LogP contribution in [0.15, 0.2) is 36.5 Å². The van der Waals surface area contributed by atoms with Crippen molar-refractivity contribution in [3.05, 3.63) is 63.6 Å². The van der Waals surface area contributed by atoms with Crippen molar-refractivity contribution in [1.29, 1.82) is 0 Å². The molecule has 2 heterocycles. The van der Waals surface area contributed by atoms with E-state index in [4.69, 9.17) is 0 Å². The standard InChI is InChI=1S/C15H13N5O3/c1-9-7-12(8-19-14(9)16-10(2)18-19)17-15(21)11-3-5-13(6-4-11)20(22)23/h3-8H,1-2H3,(H,17,21). The van der Waals surface area contributed by atoms with Gasteiger partial charge in [0.15, 0.2) is 5.65 Å². The molecular weight excluding hydrogens is 298 g/mol. The lowest BCUT2D eigenvalue weighted by Crippen LogP contribution is -2.12. The zero-order chi connectivity index (χ0) is 16.6. The van der Waals surface area contributed by atoms with Crippen molar-refractivity contribution in [1.82, 2.24) is 14.6 Å². The summed E-state index contributed by atoms with van der Waals surface area (Å²) in [5, 5.41) is 17.6. The molecule has 1 amide bonds. The van der Waals surface area contributed by atoms with Crippen LogP contribution in [0.1, 0.15) is 21.7 Å². The Hall–Kier alpha value is -3.29. The topological polar surface area (TPSA) is 102 Å². The minimum Gasteiger partial charge on any atom is -0.321 e. The monoisotopic (exact) mass is 311 g/mol. The first-order valence-electron chi connectivity index (χ1n) is 6.83. The molecule has 0 saturated heterocycles. The average Bonchev–Trinajstić information content (AvgIpc) is 2.88. The van der Waals surface area contributed by atoms with Crippen LogP contribution >= 0.6 is 0 Å². The second-order valence-corrected chi connectivity index (χ2v) is 5.10. The third kappa shape index (κ3) is 2.86. The first kappa shape index (κ1) is 14.6. The quantitative estimate of drug-likeness (QED) is 0.591. The van der Waals surface area contributed by atoms with E-state index >= 15 is 0 Å². The number of nitrogens with one attached hydrogen (secondary N) is 1. The van der Waals surface area contributed by atoms with Gasteiger partial charge in [0.1, 0.15) is 5.82 Å². The summed E-state index contributed by atoms with van der Waals surface area (Å²) in [5.41, 5.74) is 2.46. The first-order chi connectivity index (χ1) is 10.9. The zero-order valence-electron chi connectivity index (χ0n) is 12.5. The van der Waals surface area contributed by atoms with Crippen molar-refractivity contribution >= 4 is 22.9 Å². The van der Waals surface area contributed by atoms with E-state index in [1.54, 1.807) is 23.7 Å². The summed E-state index contributed by atoms with van der Waals surface area (Å²) in [6.45, 7) is 3.67. The SMILES string of the molecule is Cc1nc2c(C)cc(NC(=O)c3ccc([N+](=O)[O-])cc3)cn2n1. The Morgan fingerprint density at radius 3 is 2.61 bits per heavy atom. The van der Waals surface area contributed by atoms with Crippen molar-refractivity contribution < 1.29 is 9.72 Å². The van der Waals surface area contributed by atoms with Gasteiger partial charge in [0.05, 0.1) is 16.8 Å². The van der Waals surface area contributed by atoms with E-state index in [1.165, 1.54) is 24.3 Å². The van der Waals surface area contributed by atoms with Crippen LogP contribution in [0.4, 0.5) is 11.4 Å². The van der Waals surface area contributed by atoms with Gasteiger partial charge in [-0.2, -0.15) is 5.10 Å². The number of nitro groups is 1. The van der Waals surface area contributed by atoms with Crippen molar-refractivity contribution in [2.75, 3.05) is 5.32 Å². The molecule has 8 nitrogen and oxygen atoms in total. The molecule has 3 aromatic rings. The summed E-state index contributed by atoms with van der Waals surface area (Å²) in [7, 11) is 0. The fourth-order valence-electron chi connectivity index (χ4n) is 2.26. The Labute approximate surface area is 130 Å². The number of carbonyl (C=O) groups excluding carboxylic acids is 1. The number of nitrogens with zero attached hydrogens (tertiary/aromatic N) is 4. The molecule has 0 radical (unpaired) electrons. The van der Waals surface area contributed by atoms with E-state index in [9.17, 15) is 14.9 Å². The van der Waals surface area contributed by atoms with Crippen molar-refractivity contribution in [2.45, 2.75) is 13.8 Å². The number of benzene rings is 1. The molecule has 0 bridgehead atoms. The fourth-order valence-corrected chi connectivity index (χ4v) is 2.26. The summed E-state index contributed by atoms with van der Waals surface area (Å²) in [5.74, 6) is 0.294. The lowest BCUT2D eigenvalue weighted by molar-refractivity contribution is -0.384. The number of nitro benzene ring substituents is 1. The molecule has 116 valence electrons. The van der Waals surface area contributed by atoms with Crippen molar-refractivity contribution in [3.63, 3.8) is 0 Å². The maximum atomic E-state index is 12.2. The smallest absolute Gasteiger partial charge is 0.269 e. The minimum absolute atomic E-state index is 0.0584. The van der Waals surface area contributed by atoms with Crippen LogP contribution in [-0.4, -0.2) is 25.4 Å². The summed E-state index contributed by atoms with van der Waals surface area (Å²) in [6.07, 6.45) is 1.67. The number of carbonyl (C=O) groups is 1. The normalized spacial score (nSPS) is 10.7. The maximum Gasteiger partial charge on any atom is 0.269 e. The van der Waals surface area contributed by atoms with Gasteiger partial charge in [0, 0.05) is 17.7 Å². The van der Waals surface area contributed by atoms with Gasteiger partial charge in [0.25, 0.3) is 11.6 Å². The lowest BCUT2D eigenvalue weighted by Gasteiger charge is -2.07. The van der Waals surface area contributed by atoms with Gasteiger partial charge in [-0.3, -0.25) is 14.9 Å². The molecular formula is C15H13N5O3. The summed E-state index contributed by atoms with van der Waals surface area (Å²) >= 11 is 0. The van der Waals surface area contributed by atoms with E-state index in [-0.39, 0.29) is 11.6 Å². The number of fused-ring (bicyclic) bond motifs is 1. The van der Waals surface area contributed by atoms with Crippen molar-refractivity contribution in [3.8, 4) is 0 Å². The molecule has 0 atom stereocenters. The Morgan fingerprint density at radius 1 is 1.26 bits per heavy atom. The van der Waals surface area contributed by atoms with Gasteiger partial charge >= 0.3 is 0 Å². The molecule has 0 aliphatic rings. The highest BCUT2D eigenvalue weighted by Gasteiger charge is 2.11. The summed E-state index contributed by atoms with van der Waals surface area (Å²) in [4.78, 5) is 26.6. The molecule has 23 heavy (non-hydrogen) atoms. The van der Waals surface area contributed by atoms with Gasteiger partial charge in [0.2, 0.25) is 0 Å². The zero-order valence-corrected chi connectivity index (χ0v) is 12.5. The molecule has 2 aromatic heterocycles. The largest absolute Gasteiger partial charge is 0.321 e. The third-order valence-electron chi connectivity index (χ3n) is 3.32. The van der Waals surface area contributed by atoms with E-state index in [1.807, 2.05) is 6.92 Å². The first-order valence-corrected chi connectivity index (χ1v) is 6.83. The molecule has 0 spiro atoms. The second-order valence-electron chi connectivity index (χ2n) is 5.10. The highest BCUT2D eigenvalue weighted by molar-refractivity contribution is 6.04. The highest BCUT2D eigenvalue weighted by Crippen LogP contribution is 2.17. The number of pyridine rings is 1. The molecule has 0 aliphatic heterocycles. The second kappa shape index (κ2) is 5.48. The van der Waals surface area contributed by atoms with Crippen LogP contribution in [0.5, 0.6) is 0 Å². The minimum atomic E-state index is -0.508. The Morgan fingerprint density at radius 2 is 1.96 bits per heavy atom. The summed E-state index contributed by atoms with van der Waals surface area (Å²) < 4.78 is 1.61. The highest BCUT2D eigenvalue weighted by atomic mass is 16.6. The van der Waals surface area contributed by atoms with E-state index in [2.05, 4.69) is 15.4 Å². The van der Waals surface area contributed by atoms with Crippen LogP contribution < -0.4 is 5.32 Å². The molecule has 8 heteroatoms. The maximum absolute atomic E-state index is 12.2. The van der Waals surface area contributed by atoms with Crippen LogP contribution in [0.2, 0.25) is 0 Å². The number of hydrogen-bond acceptors (Lipinski definition) is 5. The van der Waals surface area contributed by atoms with Crippen LogP contribution in [-0.2, 0) is 0 Å². The molecule has 0 fully saturated rings. The number of anilines is 1. The molecule has 3 rings (SSSR count). The van der Waals surface area contributed by atoms with Gasteiger partial charge in [-0.15, -0.1) is 0 Å². The van der Waals surface area contributed by atoms with E-state index in [0.717, 1.165) is 11.2 Å². The van der Waals surface area contributed by atoms with Gasteiger partial charge in [-0.1, -0.05) is 0 Å². The average molecular weight is 311 g/mol. The number of aryl methyl sites for hydroxylation is 2.